The van der Waals surface area contributed by atoms with Crippen molar-refractivity contribution in [2.75, 3.05) is 13.2 Å². The van der Waals surface area contributed by atoms with E-state index in [9.17, 15) is 4.79 Å². The summed E-state index contributed by atoms with van der Waals surface area (Å²) >= 11 is 3.60. The average Bonchev–Trinajstić information content (AvgIpc) is 3.37. The number of halogens is 1. The number of nitrogens with zero attached hydrogens (tertiary/aromatic N) is 1. The summed E-state index contributed by atoms with van der Waals surface area (Å²) in [5.41, 5.74) is 0.902. The molecular formula is C22H28BrNO4. The predicted molar refractivity (Wildman–Crippen MR) is 112 cm³/mol. The van der Waals surface area contributed by atoms with Gasteiger partial charge in [-0.05, 0) is 56.5 Å². The maximum absolute atomic E-state index is 13.2. The molecule has 1 aromatic heterocycles. The molecule has 1 heterocycles. The summed E-state index contributed by atoms with van der Waals surface area (Å²) in [6.45, 7) is 5.50. The van der Waals surface area contributed by atoms with Crippen molar-refractivity contribution < 1.29 is 18.7 Å². The molecule has 1 aliphatic rings. The molecule has 0 saturated heterocycles. The second-order valence-electron chi connectivity index (χ2n) is 6.97. The van der Waals surface area contributed by atoms with Crippen LogP contribution in [0.5, 0.6) is 11.5 Å². The molecule has 0 N–H and O–H groups in total. The first-order valence-corrected chi connectivity index (χ1v) is 10.8. The fraction of sp³-hybridized carbons (Fsp3) is 0.500. The van der Waals surface area contributed by atoms with E-state index in [0.717, 1.165) is 28.6 Å². The van der Waals surface area contributed by atoms with E-state index in [1.807, 2.05) is 43.0 Å². The Kier molecular flexibility index (Phi) is 7.43. The lowest BCUT2D eigenvalue weighted by Gasteiger charge is -2.28. The molecule has 0 radical (unpaired) electrons. The van der Waals surface area contributed by atoms with Gasteiger partial charge in [-0.25, -0.2) is 0 Å². The smallest absolute Gasteiger partial charge is 0.227 e. The second kappa shape index (κ2) is 10.0. The molecule has 1 fully saturated rings. The van der Waals surface area contributed by atoms with Gasteiger partial charge in [0.2, 0.25) is 5.91 Å². The molecule has 0 spiro atoms. The van der Waals surface area contributed by atoms with Gasteiger partial charge in [0, 0.05) is 10.5 Å². The summed E-state index contributed by atoms with van der Waals surface area (Å²) in [7, 11) is 0. The third-order valence-corrected chi connectivity index (χ3v) is 5.78. The molecule has 0 aliphatic heterocycles. The largest absolute Gasteiger partial charge is 0.490 e. The standard InChI is InChI=1S/C22H28BrNO4/c1-3-26-20-12-16(19(23)14-21(20)27-4-2)13-22(25)24(17-8-5-6-9-17)15-18-10-7-11-28-18/h7,10-12,14,17H,3-6,8-9,13,15H2,1-2H3. The summed E-state index contributed by atoms with van der Waals surface area (Å²) < 4.78 is 17.8. The summed E-state index contributed by atoms with van der Waals surface area (Å²) in [6, 6.07) is 7.88. The Labute approximate surface area is 175 Å². The lowest BCUT2D eigenvalue weighted by Crippen LogP contribution is -2.39. The van der Waals surface area contributed by atoms with E-state index in [-0.39, 0.29) is 11.9 Å². The van der Waals surface area contributed by atoms with Gasteiger partial charge in [-0.15, -0.1) is 0 Å². The first-order valence-electron chi connectivity index (χ1n) is 10.0. The van der Waals surface area contributed by atoms with Crippen LogP contribution in [0, 0.1) is 0 Å². The summed E-state index contributed by atoms with van der Waals surface area (Å²) in [5, 5.41) is 0. The number of benzene rings is 1. The Bertz CT molecular complexity index is 769. The Morgan fingerprint density at radius 2 is 1.86 bits per heavy atom. The molecule has 2 aromatic rings. The zero-order chi connectivity index (χ0) is 19.9. The minimum absolute atomic E-state index is 0.107. The van der Waals surface area contributed by atoms with Crippen LogP contribution in [0.15, 0.2) is 39.4 Å². The number of amides is 1. The van der Waals surface area contributed by atoms with E-state index < -0.39 is 0 Å². The number of ether oxygens (including phenoxy) is 2. The molecule has 0 bridgehead atoms. The number of hydrogen-bond acceptors (Lipinski definition) is 4. The van der Waals surface area contributed by atoms with Crippen molar-refractivity contribution >= 4 is 21.8 Å². The third kappa shape index (κ3) is 5.10. The van der Waals surface area contributed by atoms with Gasteiger partial charge in [0.15, 0.2) is 11.5 Å². The van der Waals surface area contributed by atoms with Gasteiger partial charge >= 0.3 is 0 Å². The van der Waals surface area contributed by atoms with Crippen LogP contribution in [0.25, 0.3) is 0 Å². The SMILES string of the molecule is CCOc1cc(Br)c(CC(=O)N(Cc2ccco2)C2CCCC2)cc1OCC. The van der Waals surface area contributed by atoms with Crippen LogP contribution in [0.4, 0.5) is 0 Å². The van der Waals surface area contributed by atoms with E-state index >= 15 is 0 Å². The van der Waals surface area contributed by atoms with Crippen LogP contribution in [0.3, 0.4) is 0 Å². The lowest BCUT2D eigenvalue weighted by atomic mass is 10.1. The molecular weight excluding hydrogens is 422 g/mol. The Hall–Kier alpha value is -1.95. The molecule has 6 heteroatoms. The Morgan fingerprint density at radius 3 is 2.46 bits per heavy atom. The van der Waals surface area contributed by atoms with Crippen LogP contribution in [-0.4, -0.2) is 30.1 Å². The van der Waals surface area contributed by atoms with E-state index in [2.05, 4.69) is 15.9 Å². The van der Waals surface area contributed by atoms with Crippen molar-refractivity contribution in [3.05, 3.63) is 46.3 Å². The second-order valence-corrected chi connectivity index (χ2v) is 7.83. The first kappa shape index (κ1) is 20.8. The maximum atomic E-state index is 13.2. The van der Waals surface area contributed by atoms with Crippen molar-refractivity contribution in [2.24, 2.45) is 0 Å². The zero-order valence-electron chi connectivity index (χ0n) is 16.6. The highest BCUT2D eigenvalue weighted by molar-refractivity contribution is 9.10. The number of hydrogen-bond donors (Lipinski definition) is 0. The molecule has 1 aliphatic carbocycles. The number of furan rings is 1. The number of rotatable bonds is 9. The van der Waals surface area contributed by atoms with E-state index in [1.54, 1.807) is 6.26 Å². The highest BCUT2D eigenvalue weighted by Crippen LogP contribution is 2.35. The summed E-state index contributed by atoms with van der Waals surface area (Å²) in [4.78, 5) is 15.2. The van der Waals surface area contributed by atoms with Crippen LogP contribution >= 0.6 is 15.9 Å². The van der Waals surface area contributed by atoms with Gasteiger partial charge in [0.1, 0.15) is 5.76 Å². The van der Waals surface area contributed by atoms with E-state index in [1.165, 1.54) is 12.8 Å². The highest BCUT2D eigenvalue weighted by atomic mass is 79.9. The lowest BCUT2D eigenvalue weighted by molar-refractivity contribution is -0.133. The molecule has 1 amide bonds. The fourth-order valence-corrected chi connectivity index (χ4v) is 4.18. The van der Waals surface area contributed by atoms with Gasteiger partial charge in [-0.2, -0.15) is 0 Å². The monoisotopic (exact) mass is 449 g/mol. The summed E-state index contributed by atoms with van der Waals surface area (Å²) in [5.74, 6) is 2.29. The zero-order valence-corrected chi connectivity index (χ0v) is 18.2. The molecule has 0 unspecified atom stereocenters. The molecule has 28 heavy (non-hydrogen) atoms. The molecule has 152 valence electrons. The molecule has 1 aromatic carbocycles. The van der Waals surface area contributed by atoms with Gasteiger partial charge in [0.25, 0.3) is 0 Å². The van der Waals surface area contributed by atoms with Gasteiger partial charge in [0.05, 0.1) is 32.4 Å². The van der Waals surface area contributed by atoms with Crippen LogP contribution < -0.4 is 9.47 Å². The van der Waals surface area contributed by atoms with Gasteiger partial charge < -0.3 is 18.8 Å². The van der Waals surface area contributed by atoms with Crippen LogP contribution in [0.1, 0.15) is 50.9 Å². The predicted octanol–water partition coefficient (Wildman–Crippen LogP) is 5.35. The van der Waals surface area contributed by atoms with Crippen LogP contribution in [-0.2, 0) is 17.8 Å². The Morgan fingerprint density at radius 1 is 1.18 bits per heavy atom. The van der Waals surface area contributed by atoms with Crippen LogP contribution in [0.2, 0.25) is 0 Å². The molecule has 1 saturated carbocycles. The third-order valence-electron chi connectivity index (χ3n) is 5.05. The normalized spacial score (nSPS) is 14.2. The maximum Gasteiger partial charge on any atom is 0.227 e. The first-order chi connectivity index (χ1) is 13.6. The molecule has 3 rings (SSSR count). The quantitative estimate of drug-likeness (QED) is 0.517. The topological polar surface area (TPSA) is 51.9 Å². The van der Waals surface area contributed by atoms with E-state index in [4.69, 9.17) is 13.9 Å². The Balaban J connectivity index is 1.81. The van der Waals surface area contributed by atoms with Crippen molar-refractivity contribution in [3.8, 4) is 11.5 Å². The minimum atomic E-state index is 0.107. The summed E-state index contributed by atoms with van der Waals surface area (Å²) in [6.07, 6.45) is 6.43. The van der Waals surface area contributed by atoms with E-state index in [0.29, 0.717) is 37.7 Å². The average molecular weight is 450 g/mol. The highest BCUT2D eigenvalue weighted by Gasteiger charge is 2.28. The van der Waals surface area contributed by atoms with Crippen molar-refractivity contribution in [1.29, 1.82) is 0 Å². The van der Waals surface area contributed by atoms with Gasteiger partial charge in [-0.1, -0.05) is 28.8 Å². The number of carbonyl (C=O) groups is 1. The molecule has 0 atom stereocenters. The minimum Gasteiger partial charge on any atom is -0.490 e. The van der Waals surface area contributed by atoms with Crippen molar-refractivity contribution in [1.82, 2.24) is 4.90 Å². The number of carbonyl (C=O) groups excluding carboxylic acids is 1. The molecule has 5 nitrogen and oxygen atoms in total. The van der Waals surface area contributed by atoms with Crippen molar-refractivity contribution in [2.45, 2.75) is 58.5 Å². The fourth-order valence-electron chi connectivity index (χ4n) is 3.72. The van der Waals surface area contributed by atoms with Gasteiger partial charge in [-0.3, -0.25) is 4.79 Å². The van der Waals surface area contributed by atoms with Crippen molar-refractivity contribution in [3.63, 3.8) is 0 Å².